The zero-order valence-corrected chi connectivity index (χ0v) is 17.2. The fraction of sp³-hybridized carbons (Fsp3) is 0.318. The highest BCUT2D eigenvalue weighted by atomic mass is 19.1. The lowest BCUT2D eigenvalue weighted by molar-refractivity contribution is -0.0226. The second kappa shape index (κ2) is 7.66. The van der Waals surface area contributed by atoms with E-state index in [0.29, 0.717) is 18.7 Å². The summed E-state index contributed by atoms with van der Waals surface area (Å²) < 4.78 is 28.3. The molecule has 31 heavy (non-hydrogen) atoms. The lowest BCUT2D eigenvalue weighted by Gasteiger charge is -2.17. The third-order valence-corrected chi connectivity index (χ3v) is 5.78. The predicted octanol–water partition coefficient (Wildman–Crippen LogP) is 3.75. The highest BCUT2D eigenvalue weighted by Gasteiger charge is 2.35. The number of pyridine rings is 1. The van der Waals surface area contributed by atoms with Gasteiger partial charge in [-0.2, -0.15) is 0 Å². The van der Waals surface area contributed by atoms with Crippen molar-refractivity contribution in [1.29, 1.82) is 0 Å². The van der Waals surface area contributed by atoms with Crippen LogP contribution in [0.4, 0.5) is 16.0 Å². The number of ether oxygens (including phenoxy) is 2. The number of nitrogen functional groups attached to an aromatic ring is 1. The summed E-state index contributed by atoms with van der Waals surface area (Å²) in [5.74, 6) is 1.42. The maximum atomic E-state index is 14.4. The molecule has 0 radical (unpaired) electrons. The fourth-order valence-electron chi connectivity index (χ4n) is 4.03. The topological polar surface area (TPSA) is 100 Å². The molecule has 0 aliphatic carbocycles. The predicted molar refractivity (Wildman–Crippen MR) is 116 cm³/mol. The average Bonchev–Trinajstić information content (AvgIpc) is 3.31. The van der Waals surface area contributed by atoms with Gasteiger partial charge in [-0.3, -0.25) is 0 Å². The Morgan fingerprint density at radius 2 is 2.13 bits per heavy atom. The molecule has 0 spiro atoms. The number of fused-ring (bicyclic) bond motifs is 2. The van der Waals surface area contributed by atoms with E-state index in [4.69, 9.17) is 15.2 Å². The third-order valence-electron chi connectivity index (χ3n) is 5.78. The van der Waals surface area contributed by atoms with Crippen molar-refractivity contribution in [2.45, 2.75) is 25.7 Å². The van der Waals surface area contributed by atoms with Crippen LogP contribution in [0, 0.1) is 11.7 Å². The van der Waals surface area contributed by atoms with E-state index in [1.54, 1.807) is 4.57 Å². The van der Waals surface area contributed by atoms with Crippen LogP contribution in [0.2, 0.25) is 0 Å². The van der Waals surface area contributed by atoms with Crippen molar-refractivity contribution in [3.63, 3.8) is 0 Å². The summed E-state index contributed by atoms with van der Waals surface area (Å²) in [5.41, 5.74) is 7.11. The van der Waals surface area contributed by atoms with Crippen LogP contribution < -0.4 is 15.8 Å². The van der Waals surface area contributed by atoms with Gasteiger partial charge in [-0.15, -0.1) is 0 Å². The van der Waals surface area contributed by atoms with Crippen molar-refractivity contribution >= 4 is 33.6 Å². The van der Waals surface area contributed by atoms with Gasteiger partial charge in [0.1, 0.15) is 36.5 Å². The summed E-state index contributed by atoms with van der Waals surface area (Å²) in [4.78, 5) is 12.6. The highest BCUT2D eigenvalue weighted by molar-refractivity contribution is 5.86. The van der Waals surface area contributed by atoms with Gasteiger partial charge in [-0.05, 0) is 36.6 Å². The molecule has 3 atom stereocenters. The van der Waals surface area contributed by atoms with Gasteiger partial charge in [0.05, 0.1) is 17.0 Å². The first-order chi connectivity index (χ1) is 15.0. The largest absolute Gasteiger partial charge is 0.491 e. The maximum absolute atomic E-state index is 14.4. The molecule has 0 saturated carbocycles. The summed E-state index contributed by atoms with van der Waals surface area (Å²) in [7, 11) is 1.84. The molecule has 1 saturated heterocycles. The van der Waals surface area contributed by atoms with Crippen LogP contribution in [0.25, 0.3) is 21.9 Å². The minimum atomic E-state index is -0.450. The van der Waals surface area contributed by atoms with Crippen LogP contribution in [0.1, 0.15) is 19.6 Å². The first-order valence-corrected chi connectivity index (χ1v) is 10.2. The van der Waals surface area contributed by atoms with Crippen LogP contribution in [0.3, 0.4) is 0 Å². The van der Waals surface area contributed by atoms with E-state index in [9.17, 15) is 4.39 Å². The molecule has 4 heterocycles. The summed E-state index contributed by atoms with van der Waals surface area (Å²) in [6.45, 7) is 2.48. The third kappa shape index (κ3) is 3.50. The van der Waals surface area contributed by atoms with E-state index < -0.39 is 5.82 Å². The zero-order chi connectivity index (χ0) is 21.5. The molecule has 5 rings (SSSR count). The summed E-state index contributed by atoms with van der Waals surface area (Å²) in [6.07, 6.45) is 2.94. The molecular weight excluding hydrogens is 399 g/mol. The number of hydrogen-bond acceptors (Lipinski definition) is 7. The number of anilines is 2. The van der Waals surface area contributed by atoms with Gasteiger partial charge in [-0.1, -0.05) is 6.92 Å². The molecule has 1 aliphatic rings. The maximum Gasteiger partial charge on any atom is 0.154 e. The van der Waals surface area contributed by atoms with E-state index in [0.717, 1.165) is 22.5 Å². The van der Waals surface area contributed by atoms with Crippen LogP contribution in [-0.4, -0.2) is 39.3 Å². The van der Waals surface area contributed by atoms with Gasteiger partial charge in [-0.25, -0.2) is 19.3 Å². The first-order valence-electron chi connectivity index (χ1n) is 10.2. The lowest BCUT2D eigenvalue weighted by Crippen LogP contribution is -2.23. The standard InChI is InChI=1S/C22H23FN6O2/c1-12-7-19(29-9-15(23)20-21(24)26-11-27-22(20)29)31-17(12)10-30-14-5-3-13-4-6-18(25-2)28-16(13)8-14/h3-6,8-9,11-12,17,19H,7,10H2,1-2H3,(H,25,28)(H2,24,26,27). The Bertz CT molecular complexity index is 1260. The summed E-state index contributed by atoms with van der Waals surface area (Å²) in [6, 6.07) is 9.78. The molecule has 1 fully saturated rings. The van der Waals surface area contributed by atoms with Gasteiger partial charge >= 0.3 is 0 Å². The monoisotopic (exact) mass is 422 g/mol. The second-order valence-electron chi connectivity index (χ2n) is 7.80. The zero-order valence-electron chi connectivity index (χ0n) is 17.2. The first kappa shape index (κ1) is 19.5. The van der Waals surface area contributed by atoms with Gasteiger partial charge < -0.3 is 25.1 Å². The Labute approximate surface area is 178 Å². The van der Waals surface area contributed by atoms with Crippen LogP contribution in [0.15, 0.2) is 42.9 Å². The van der Waals surface area contributed by atoms with Gasteiger partial charge in [0, 0.05) is 24.7 Å². The molecule has 160 valence electrons. The van der Waals surface area contributed by atoms with E-state index >= 15 is 0 Å². The number of benzene rings is 1. The quantitative estimate of drug-likeness (QED) is 0.505. The van der Waals surface area contributed by atoms with Crippen molar-refractivity contribution in [3.05, 3.63) is 48.7 Å². The molecule has 3 unspecified atom stereocenters. The van der Waals surface area contributed by atoms with Crippen molar-refractivity contribution in [3.8, 4) is 5.75 Å². The summed E-state index contributed by atoms with van der Waals surface area (Å²) >= 11 is 0. The minimum absolute atomic E-state index is 0.124. The lowest BCUT2D eigenvalue weighted by atomic mass is 10.0. The van der Waals surface area contributed by atoms with Crippen molar-refractivity contribution < 1.29 is 13.9 Å². The Kier molecular flexibility index (Phi) is 4.82. The molecule has 8 nitrogen and oxygen atoms in total. The van der Waals surface area contributed by atoms with Gasteiger partial charge in [0.25, 0.3) is 0 Å². The fourth-order valence-corrected chi connectivity index (χ4v) is 4.03. The van der Waals surface area contributed by atoms with Crippen molar-refractivity contribution in [2.24, 2.45) is 5.92 Å². The Hall–Kier alpha value is -3.46. The Morgan fingerprint density at radius 3 is 2.97 bits per heavy atom. The molecule has 1 aliphatic heterocycles. The van der Waals surface area contributed by atoms with Gasteiger partial charge in [0.2, 0.25) is 0 Å². The highest BCUT2D eigenvalue weighted by Crippen LogP contribution is 2.37. The van der Waals surface area contributed by atoms with E-state index in [1.165, 1.54) is 12.5 Å². The van der Waals surface area contributed by atoms with Crippen LogP contribution >= 0.6 is 0 Å². The number of nitrogens with two attached hydrogens (primary N) is 1. The molecule has 3 aromatic heterocycles. The number of hydrogen-bond donors (Lipinski definition) is 2. The SMILES string of the molecule is CNc1ccc2ccc(OCC3OC(n4cc(F)c5c(N)ncnc54)CC3C)cc2n1. The number of nitrogens with one attached hydrogen (secondary N) is 1. The molecule has 0 bridgehead atoms. The number of nitrogens with zero attached hydrogens (tertiary/aromatic N) is 4. The van der Waals surface area contributed by atoms with Gasteiger partial charge in [0.15, 0.2) is 11.5 Å². The second-order valence-corrected chi connectivity index (χ2v) is 7.80. The van der Waals surface area contributed by atoms with E-state index in [-0.39, 0.29) is 29.5 Å². The van der Waals surface area contributed by atoms with Crippen molar-refractivity contribution in [2.75, 3.05) is 24.7 Å². The summed E-state index contributed by atoms with van der Waals surface area (Å²) in [5, 5.41) is 4.31. The average molecular weight is 422 g/mol. The number of halogens is 1. The van der Waals surface area contributed by atoms with Crippen LogP contribution in [-0.2, 0) is 4.74 Å². The molecule has 9 heteroatoms. The van der Waals surface area contributed by atoms with E-state index in [1.807, 2.05) is 37.4 Å². The molecule has 1 aromatic carbocycles. The Balaban J connectivity index is 1.32. The van der Waals surface area contributed by atoms with Crippen molar-refractivity contribution in [1.82, 2.24) is 19.5 Å². The van der Waals surface area contributed by atoms with E-state index in [2.05, 4.69) is 27.2 Å². The Morgan fingerprint density at radius 1 is 1.29 bits per heavy atom. The molecule has 0 amide bonds. The minimum Gasteiger partial charge on any atom is -0.491 e. The normalized spacial score (nSPS) is 21.1. The smallest absolute Gasteiger partial charge is 0.154 e. The molecule has 4 aromatic rings. The number of aromatic nitrogens is 4. The molecule has 3 N–H and O–H groups in total. The number of rotatable bonds is 5. The van der Waals surface area contributed by atoms with Crippen LogP contribution in [0.5, 0.6) is 5.75 Å². The molecular formula is C22H23FN6O2.